The minimum absolute atomic E-state index is 0.0241. The molecule has 0 spiro atoms. The van der Waals surface area contributed by atoms with E-state index in [1.54, 1.807) is 10.6 Å². The van der Waals surface area contributed by atoms with Crippen molar-refractivity contribution in [1.82, 2.24) is 20.1 Å². The zero-order valence-corrected chi connectivity index (χ0v) is 27.2. The van der Waals surface area contributed by atoms with Crippen LogP contribution in [0.15, 0.2) is 58.7 Å². The summed E-state index contributed by atoms with van der Waals surface area (Å²) in [6, 6.07) is 7.32. The van der Waals surface area contributed by atoms with Gasteiger partial charge in [-0.3, -0.25) is 29.4 Å². The van der Waals surface area contributed by atoms with Crippen LogP contribution in [0.4, 0.5) is 15.8 Å². The monoisotopic (exact) mass is 706 g/mol. The van der Waals surface area contributed by atoms with Crippen molar-refractivity contribution in [3.05, 3.63) is 91.1 Å². The Bertz CT molecular complexity index is 2060. The van der Waals surface area contributed by atoms with Crippen LogP contribution >= 0.6 is 11.8 Å². The Balaban J connectivity index is 1.07. The van der Waals surface area contributed by atoms with Crippen molar-refractivity contribution >= 4 is 57.8 Å². The summed E-state index contributed by atoms with van der Waals surface area (Å²) in [7, 11) is 0. The van der Waals surface area contributed by atoms with Crippen LogP contribution in [-0.2, 0) is 25.5 Å². The fourth-order valence-electron chi connectivity index (χ4n) is 6.52. The second kappa shape index (κ2) is 13.2. The van der Waals surface area contributed by atoms with Gasteiger partial charge in [0.2, 0.25) is 11.3 Å². The number of aromatic nitrogens is 1. The molecule has 17 heteroatoms. The van der Waals surface area contributed by atoms with Crippen LogP contribution in [-0.4, -0.2) is 93.2 Å². The zero-order chi connectivity index (χ0) is 35.3. The summed E-state index contributed by atoms with van der Waals surface area (Å²) in [5.74, 6) is -4.23. The number of thioether (sulfide) groups is 1. The lowest BCUT2D eigenvalue weighted by atomic mass is 10.0. The summed E-state index contributed by atoms with van der Waals surface area (Å²) in [6.07, 6.45) is 2.83. The van der Waals surface area contributed by atoms with Crippen molar-refractivity contribution in [2.24, 2.45) is 0 Å². The molecule has 2 atom stereocenters. The van der Waals surface area contributed by atoms with Gasteiger partial charge in [-0.1, -0.05) is 12.1 Å². The summed E-state index contributed by atoms with van der Waals surface area (Å²) in [4.78, 5) is 78.4. The van der Waals surface area contributed by atoms with Gasteiger partial charge in [0.15, 0.2) is 0 Å². The Morgan fingerprint density at radius 1 is 1.14 bits per heavy atom. The molecule has 15 nitrogen and oxygen atoms in total. The van der Waals surface area contributed by atoms with Crippen LogP contribution in [0.1, 0.15) is 34.8 Å². The van der Waals surface area contributed by atoms with E-state index in [1.807, 2.05) is 4.90 Å². The number of carboxylic acid groups (broad SMARTS) is 1. The predicted molar refractivity (Wildman–Crippen MR) is 178 cm³/mol. The van der Waals surface area contributed by atoms with Crippen LogP contribution in [0.3, 0.4) is 0 Å². The second-order valence-corrected chi connectivity index (χ2v) is 13.6. The number of ether oxygens (including phenoxy) is 1. The molecule has 3 N–H and O–H groups in total. The van der Waals surface area contributed by atoms with Gasteiger partial charge in [-0.2, -0.15) is 0 Å². The number of carboxylic acids is 1. The lowest BCUT2D eigenvalue weighted by Gasteiger charge is -2.49. The van der Waals surface area contributed by atoms with Crippen molar-refractivity contribution in [3.63, 3.8) is 0 Å². The molecule has 50 heavy (non-hydrogen) atoms. The molecular weight excluding hydrogens is 675 g/mol. The lowest BCUT2D eigenvalue weighted by Crippen LogP contribution is -2.70. The molecule has 7 rings (SSSR count). The van der Waals surface area contributed by atoms with Gasteiger partial charge in [0, 0.05) is 67.3 Å². The van der Waals surface area contributed by atoms with Gasteiger partial charge in [-0.15, -0.1) is 11.8 Å². The highest BCUT2D eigenvalue weighted by atomic mass is 32.2. The number of nitro groups is 1. The van der Waals surface area contributed by atoms with Gasteiger partial charge in [0.1, 0.15) is 35.1 Å². The van der Waals surface area contributed by atoms with E-state index < -0.39 is 57.9 Å². The van der Waals surface area contributed by atoms with Crippen LogP contribution in [0.2, 0.25) is 0 Å². The van der Waals surface area contributed by atoms with Crippen molar-refractivity contribution in [1.29, 1.82) is 0 Å². The van der Waals surface area contributed by atoms with Gasteiger partial charge in [-0.25, -0.2) is 14.0 Å². The average molecular weight is 707 g/mol. The first-order valence-corrected chi connectivity index (χ1v) is 17.0. The maximum atomic E-state index is 15.3. The molecule has 4 heterocycles. The topological polar surface area (TPSA) is 193 Å². The SMILES string of the molecule is O=C(Cc1cccc([N+](=O)[O-])c1)N[C@@H]1C(=O)N2C(C(=O)O)=C(COC(=O)c3cn(C4CC4)c4cc(N5CCNCC5)c(F)cc4c3=O)CS[C@H]12. The third kappa shape index (κ3) is 6.17. The molecule has 4 aliphatic rings. The molecule has 3 aliphatic heterocycles. The first-order chi connectivity index (χ1) is 24.0. The quantitative estimate of drug-likeness (QED) is 0.120. The number of β-lactam (4-membered cyclic amide) rings is 1. The van der Waals surface area contributed by atoms with E-state index in [-0.39, 0.29) is 46.1 Å². The first kappa shape index (κ1) is 33.2. The number of nitrogens with zero attached hydrogens (tertiary/aromatic N) is 4. The Hall–Kier alpha value is -5.29. The van der Waals surface area contributed by atoms with E-state index in [0.29, 0.717) is 42.9 Å². The number of halogens is 1. The molecule has 0 unspecified atom stereocenters. The Labute approximate surface area is 287 Å². The third-order valence-electron chi connectivity index (χ3n) is 9.15. The number of non-ortho nitro benzene ring substituents is 1. The normalized spacial score (nSPS) is 20.3. The highest BCUT2D eigenvalue weighted by Crippen LogP contribution is 2.41. The number of amides is 2. The number of nitro benzene ring substituents is 1. The van der Waals surface area contributed by atoms with Gasteiger partial charge >= 0.3 is 11.9 Å². The highest BCUT2D eigenvalue weighted by molar-refractivity contribution is 8.00. The number of nitrogens with one attached hydrogen (secondary N) is 2. The highest BCUT2D eigenvalue weighted by Gasteiger charge is 2.54. The molecule has 0 bridgehead atoms. The summed E-state index contributed by atoms with van der Waals surface area (Å²) < 4.78 is 22.6. The fraction of sp³-hybridized carbons (Fsp3) is 0.364. The van der Waals surface area contributed by atoms with E-state index in [2.05, 4.69) is 10.6 Å². The lowest BCUT2D eigenvalue weighted by molar-refractivity contribution is -0.384. The largest absolute Gasteiger partial charge is 0.477 e. The van der Waals surface area contributed by atoms with Crippen molar-refractivity contribution in [3.8, 4) is 0 Å². The number of carbonyl (C=O) groups is 4. The van der Waals surface area contributed by atoms with Crippen molar-refractivity contribution in [2.75, 3.05) is 43.4 Å². The van der Waals surface area contributed by atoms with Crippen LogP contribution in [0.5, 0.6) is 0 Å². The van der Waals surface area contributed by atoms with Gasteiger partial charge in [0.25, 0.3) is 11.6 Å². The molecule has 2 aromatic carbocycles. The van der Waals surface area contributed by atoms with Crippen LogP contribution in [0.25, 0.3) is 10.9 Å². The summed E-state index contributed by atoms with van der Waals surface area (Å²) in [6.45, 7) is 2.09. The minimum atomic E-state index is -1.44. The number of piperazine rings is 1. The number of fused-ring (bicyclic) bond motifs is 2. The third-order valence-corrected chi connectivity index (χ3v) is 10.5. The Morgan fingerprint density at radius 3 is 2.60 bits per heavy atom. The standard InChI is InChI=1S/C33H31FN6O9S/c34-23-12-21-24(13-25(23)37-8-6-35-7-9-37)38(19-4-5-19)14-22(29(21)42)33(46)49-15-18-16-50-31-27(30(43)39(31)28(18)32(44)45)36-26(41)11-17-2-1-3-20(10-17)40(47)48/h1-3,10,12-14,19,27,31,35H,4-9,11,15-16H2,(H,36,41)(H,44,45)/t27-,31-/m1/s1. The molecule has 3 fully saturated rings. The smallest absolute Gasteiger partial charge is 0.352 e. The molecule has 2 amide bonds. The number of carbonyl (C=O) groups excluding carboxylic acids is 3. The van der Waals surface area contributed by atoms with E-state index >= 15 is 4.39 Å². The fourth-order valence-corrected chi connectivity index (χ4v) is 7.85. The van der Waals surface area contributed by atoms with E-state index in [9.17, 15) is 39.2 Å². The van der Waals surface area contributed by atoms with E-state index in [1.165, 1.54) is 30.5 Å². The van der Waals surface area contributed by atoms with Crippen molar-refractivity contribution < 1.29 is 38.3 Å². The number of rotatable bonds is 10. The zero-order valence-electron chi connectivity index (χ0n) is 26.4. The first-order valence-electron chi connectivity index (χ1n) is 16.0. The molecule has 3 aromatic rings. The Kier molecular flexibility index (Phi) is 8.77. The second-order valence-electron chi connectivity index (χ2n) is 12.5. The average Bonchev–Trinajstić information content (AvgIpc) is 3.95. The molecule has 2 saturated heterocycles. The molecule has 1 saturated carbocycles. The summed E-state index contributed by atoms with van der Waals surface area (Å²) >= 11 is 1.16. The number of pyridine rings is 1. The molecule has 0 radical (unpaired) electrons. The molecule has 1 aliphatic carbocycles. The number of esters is 1. The van der Waals surface area contributed by atoms with Gasteiger partial charge < -0.3 is 29.9 Å². The predicted octanol–water partition coefficient (Wildman–Crippen LogP) is 1.93. The summed E-state index contributed by atoms with van der Waals surface area (Å²) in [5, 5.41) is 26.2. The maximum absolute atomic E-state index is 15.3. The number of hydrogen-bond acceptors (Lipinski definition) is 11. The molecule has 260 valence electrons. The summed E-state index contributed by atoms with van der Waals surface area (Å²) in [5.41, 5.74) is -0.205. The molecular formula is C33H31FN6O9S. The van der Waals surface area contributed by atoms with Crippen LogP contribution in [0, 0.1) is 15.9 Å². The van der Waals surface area contributed by atoms with Crippen molar-refractivity contribution in [2.45, 2.75) is 36.7 Å². The number of hydrogen-bond donors (Lipinski definition) is 3. The number of benzene rings is 2. The van der Waals surface area contributed by atoms with Gasteiger partial charge in [-0.05, 0) is 30.5 Å². The Morgan fingerprint density at radius 2 is 1.90 bits per heavy atom. The van der Waals surface area contributed by atoms with Gasteiger partial charge in [0.05, 0.1) is 22.5 Å². The van der Waals surface area contributed by atoms with E-state index in [4.69, 9.17) is 4.74 Å². The number of aliphatic carboxylic acids is 1. The van der Waals surface area contributed by atoms with E-state index in [0.717, 1.165) is 35.6 Å². The minimum Gasteiger partial charge on any atom is -0.477 e. The molecule has 1 aromatic heterocycles. The number of anilines is 1. The maximum Gasteiger partial charge on any atom is 0.352 e. The van der Waals surface area contributed by atoms with Crippen LogP contribution < -0.4 is 21.0 Å².